The van der Waals surface area contributed by atoms with E-state index < -0.39 is 11.7 Å². The molecule has 0 saturated carbocycles. The Morgan fingerprint density at radius 2 is 1.98 bits per heavy atom. The van der Waals surface area contributed by atoms with Crippen molar-refractivity contribution in [3.63, 3.8) is 0 Å². The molecule has 3 aromatic rings. The van der Waals surface area contributed by atoms with Crippen LogP contribution in [0.5, 0.6) is 11.5 Å². The van der Waals surface area contributed by atoms with Gasteiger partial charge in [-0.25, -0.2) is 9.18 Å². The standard InChI is InChI=1S/C30H28FN3O5S/c1-39-24-9-7-17(31)12-20(24)16-10-21(28(36)19-8-6-15-4-2-3-5-18(15)19)29(37)22(11-16)32-26(35)13-25-27-23(14-40-25)33-30(38)34-27/h2-5,7,9-12,19,23,25,27,37H,6,8,13-14H2,1H3,(H,32,35)(H2,33,34,38)/t19?,23-,25+,27-/m1/s1. The number of carbonyl (C=O) groups is 3. The van der Waals surface area contributed by atoms with Crippen molar-refractivity contribution in [1.29, 1.82) is 0 Å². The monoisotopic (exact) mass is 561 g/mol. The average molecular weight is 562 g/mol. The van der Waals surface area contributed by atoms with Crippen molar-refractivity contribution in [3.8, 4) is 22.6 Å². The fourth-order valence-electron chi connectivity index (χ4n) is 5.95. The zero-order chi connectivity index (χ0) is 28.0. The minimum Gasteiger partial charge on any atom is -0.505 e. The predicted octanol–water partition coefficient (Wildman–Crippen LogP) is 4.61. The topological polar surface area (TPSA) is 117 Å². The number of benzene rings is 3. The fraction of sp³-hybridized carbons (Fsp3) is 0.300. The first-order chi connectivity index (χ1) is 19.3. The van der Waals surface area contributed by atoms with E-state index in [0.717, 1.165) is 17.5 Å². The number of aromatic hydroxyl groups is 1. The second-order valence-electron chi connectivity index (χ2n) is 10.3. The third-order valence-electron chi connectivity index (χ3n) is 7.90. The minimum absolute atomic E-state index is 0.0361. The molecule has 1 unspecified atom stereocenters. The molecule has 2 fully saturated rings. The van der Waals surface area contributed by atoms with E-state index in [4.69, 9.17) is 4.74 Å². The van der Waals surface area contributed by atoms with E-state index in [0.29, 0.717) is 29.1 Å². The lowest BCUT2D eigenvalue weighted by Crippen LogP contribution is -2.38. The Labute approximate surface area is 234 Å². The summed E-state index contributed by atoms with van der Waals surface area (Å²) in [6, 6.07) is 14.4. The van der Waals surface area contributed by atoms with Gasteiger partial charge >= 0.3 is 6.03 Å². The van der Waals surface area contributed by atoms with Gasteiger partial charge < -0.3 is 25.8 Å². The van der Waals surface area contributed by atoms with Gasteiger partial charge in [-0.05, 0) is 59.9 Å². The molecule has 1 aliphatic carbocycles. The Hall–Kier alpha value is -4.05. The van der Waals surface area contributed by atoms with E-state index in [1.165, 1.54) is 37.4 Å². The summed E-state index contributed by atoms with van der Waals surface area (Å²) in [5, 5.41) is 19.6. The first-order valence-electron chi connectivity index (χ1n) is 13.1. The van der Waals surface area contributed by atoms with Crippen molar-refractivity contribution in [2.24, 2.45) is 0 Å². The Bertz CT molecular complexity index is 1530. The molecule has 10 heteroatoms. The van der Waals surface area contributed by atoms with Gasteiger partial charge in [0.15, 0.2) is 5.78 Å². The number of ketones is 1. The van der Waals surface area contributed by atoms with Gasteiger partial charge in [-0.3, -0.25) is 9.59 Å². The number of phenols is 1. The van der Waals surface area contributed by atoms with Crippen molar-refractivity contribution < 1.29 is 28.6 Å². The molecule has 3 aliphatic rings. The maximum absolute atomic E-state index is 14.3. The molecule has 3 aromatic carbocycles. The number of hydrogen-bond acceptors (Lipinski definition) is 6. The van der Waals surface area contributed by atoms with E-state index in [-0.39, 0.29) is 58.5 Å². The number of urea groups is 1. The number of rotatable bonds is 7. The highest BCUT2D eigenvalue weighted by atomic mass is 32.2. The van der Waals surface area contributed by atoms with Crippen molar-refractivity contribution in [1.82, 2.24) is 10.6 Å². The van der Waals surface area contributed by atoms with Gasteiger partial charge in [0, 0.05) is 28.9 Å². The van der Waals surface area contributed by atoms with E-state index in [1.54, 1.807) is 11.8 Å². The molecule has 0 spiro atoms. The molecule has 3 amide bonds. The highest BCUT2D eigenvalue weighted by Gasteiger charge is 2.43. The molecule has 6 rings (SSSR count). The maximum Gasteiger partial charge on any atom is 0.315 e. The summed E-state index contributed by atoms with van der Waals surface area (Å²) in [7, 11) is 1.46. The summed E-state index contributed by atoms with van der Waals surface area (Å²) in [5.41, 5.74) is 2.92. The number of amides is 3. The number of hydrogen-bond donors (Lipinski definition) is 4. The summed E-state index contributed by atoms with van der Waals surface area (Å²) in [5.74, 6) is -0.843. The Kier molecular flexibility index (Phi) is 6.87. The van der Waals surface area contributed by atoms with Crippen LogP contribution in [-0.4, -0.2) is 53.0 Å². The van der Waals surface area contributed by atoms with Gasteiger partial charge in [0.1, 0.15) is 17.3 Å². The van der Waals surface area contributed by atoms with Crippen LogP contribution < -0.4 is 20.7 Å². The number of halogens is 1. The number of aryl methyl sites for hydroxylation is 1. The van der Waals surface area contributed by atoms with E-state index in [9.17, 15) is 23.9 Å². The SMILES string of the molecule is COc1ccc(F)cc1-c1cc(NC(=O)C[C@@H]2SC[C@H]3NC(=O)N[C@@H]23)c(O)c(C(=O)C2CCc3ccccc32)c1. The highest BCUT2D eigenvalue weighted by Crippen LogP contribution is 2.42. The number of fused-ring (bicyclic) bond motifs is 2. The van der Waals surface area contributed by atoms with Crippen LogP contribution in [0, 0.1) is 5.82 Å². The van der Waals surface area contributed by atoms with Crippen LogP contribution in [0.25, 0.3) is 11.1 Å². The van der Waals surface area contributed by atoms with Crippen LogP contribution in [0.2, 0.25) is 0 Å². The molecule has 4 atom stereocenters. The van der Waals surface area contributed by atoms with Crippen molar-refractivity contribution in [2.45, 2.75) is 42.5 Å². The summed E-state index contributed by atoms with van der Waals surface area (Å²) >= 11 is 1.59. The van der Waals surface area contributed by atoms with Gasteiger partial charge in [0.25, 0.3) is 0 Å². The van der Waals surface area contributed by atoms with Crippen LogP contribution in [0.15, 0.2) is 54.6 Å². The molecule has 40 heavy (non-hydrogen) atoms. The summed E-state index contributed by atoms with van der Waals surface area (Å²) in [4.78, 5) is 38.8. The summed E-state index contributed by atoms with van der Waals surface area (Å²) in [6.45, 7) is 0. The number of nitrogens with one attached hydrogen (secondary N) is 3. The van der Waals surface area contributed by atoms with Crippen LogP contribution in [0.1, 0.15) is 40.2 Å². The third kappa shape index (κ3) is 4.77. The molecule has 206 valence electrons. The number of thioether (sulfide) groups is 1. The smallest absolute Gasteiger partial charge is 0.315 e. The van der Waals surface area contributed by atoms with Crippen molar-refractivity contribution in [2.75, 3.05) is 18.2 Å². The molecule has 0 radical (unpaired) electrons. The zero-order valence-corrected chi connectivity index (χ0v) is 22.5. The molecule has 2 saturated heterocycles. The predicted molar refractivity (Wildman–Crippen MR) is 151 cm³/mol. The Morgan fingerprint density at radius 1 is 1.15 bits per heavy atom. The largest absolute Gasteiger partial charge is 0.505 e. The van der Waals surface area contributed by atoms with E-state index in [2.05, 4.69) is 16.0 Å². The summed E-state index contributed by atoms with van der Waals surface area (Å²) in [6.07, 6.45) is 1.45. The van der Waals surface area contributed by atoms with Crippen LogP contribution in [-0.2, 0) is 11.2 Å². The quantitative estimate of drug-likeness (QED) is 0.190. The number of Topliss-reactive ketones (excluding diaryl/α,β-unsaturated/α-hetero) is 1. The molecular formula is C30H28FN3O5S. The molecular weight excluding hydrogens is 533 g/mol. The Balaban J connectivity index is 1.35. The van der Waals surface area contributed by atoms with Gasteiger partial charge in [-0.15, -0.1) is 0 Å². The lowest BCUT2D eigenvalue weighted by molar-refractivity contribution is -0.116. The van der Waals surface area contributed by atoms with Crippen LogP contribution >= 0.6 is 11.8 Å². The summed E-state index contributed by atoms with van der Waals surface area (Å²) < 4.78 is 19.8. The normalized spacial score (nSPS) is 22.7. The van der Waals surface area contributed by atoms with Crippen LogP contribution in [0.4, 0.5) is 14.9 Å². The van der Waals surface area contributed by atoms with Crippen molar-refractivity contribution in [3.05, 3.63) is 77.1 Å². The third-order valence-corrected chi connectivity index (χ3v) is 9.34. The molecule has 8 nitrogen and oxygen atoms in total. The average Bonchev–Trinajstić information content (AvgIpc) is 3.64. The second kappa shape index (κ2) is 10.5. The number of phenolic OH excluding ortho intramolecular Hbond substituents is 1. The van der Waals surface area contributed by atoms with E-state index in [1.807, 2.05) is 24.3 Å². The molecule has 0 bridgehead atoms. The highest BCUT2D eigenvalue weighted by molar-refractivity contribution is 8.00. The first-order valence-corrected chi connectivity index (χ1v) is 14.2. The fourth-order valence-corrected chi connectivity index (χ4v) is 7.43. The lowest BCUT2D eigenvalue weighted by atomic mass is 9.89. The first kappa shape index (κ1) is 26.2. The lowest BCUT2D eigenvalue weighted by Gasteiger charge is -2.19. The van der Waals surface area contributed by atoms with E-state index >= 15 is 0 Å². The van der Waals surface area contributed by atoms with Gasteiger partial charge in [0.05, 0.1) is 30.4 Å². The molecule has 2 heterocycles. The number of anilines is 1. The van der Waals surface area contributed by atoms with Gasteiger partial charge in [-0.2, -0.15) is 11.8 Å². The molecule has 0 aromatic heterocycles. The second-order valence-corrected chi connectivity index (χ2v) is 11.6. The number of carbonyl (C=O) groups excluding carboxylic acids is 3. The van der Waals surface area contributed by atoms with Crippen molar-refractivity contribution >= 4 is 35.2 Å². The zero-order valence-electron chi connectivity index (χ0n) is 21.7. The van der Waals surface area contributed by atoms with Gasteiger partial charge in [-0.1, -0.05) is 24.3 Å². The maximum atomic E-state index is 14.3. The Morgan fingerprint density at radius 3 is 2.80 bits per heavy atom. The van der Waals surface area contributed by atoms with Crippen LogP contribution in [0.3, 0.4) is 0 Å². The minimum atomic E-state index is -0.493. The molecule has 4 N–H and O–H groups in total. The number of ether oxygens (including phenoxy) is 1. The number of methoxy groups -OCH3 is 1. The van der Waals surface area contributed by atoms with Gasteiger partial charge in [0.2, 0.25) is 5.91 Å². The molecule has 2 aliphatic heterocycles.